The van der Waals surface area contributed by atoms with E-state index in [0.29, 0.717) is 5.92 Å². The van der Waals surface area contributed by atoms with Gasteiger partial charge >= 0.3 is 0 Å². The van der Waals surface area contributed by atoms with E-state index in [-0.39, 0.29) is 0 Å². The van der Waals surface area contributed by atoms with Crippen LogP contribution in [-0.2, 0) is 6.42 Å². The largest absolute Gasteiger partial charge is 0.244 e. The summed E-state index contributed by atoms with van der Waals surface area (Å²) in [6.07, 6.45) is 4.56. The Morgan fingerprint density at radius 1 is 1.29 bits per heavy atom. The van der Waals surface area contributed by atoms with E-state index in [1.54, 1.807) is 6.33 Å². The topological polar surface area (TPSA) is 25.8 Å². The van der Waals surface area contributed by atoms with E-state index < -0.39 is 0 Å². The highest BCUT2D eigenvalue weighted by Gasteiger charge is 1.99. The van der Waals surface area contributed by atoms with Gasteiger partial charge in [-0.1, -0.05) is 26.0 Å². The Bertz CT molecular complexity index is 435. The molecule has 2 aromatic rings. The summed E-state index contributed by atoms with van der Waals surface area (Å²) in [5.41, 5.74) is 2.39. The van der Waals surface area contributed by atoms with Crippen LogP contribution in [0.1, 0.15) is 19.4 Å². The summed E-state index contributed by atoms with van der Waals surface area (Å²) in [6, 6.07) is 6.40. The monoisotopic (exact) mass is 186 g/mol. The average molecular weight is 186 g/mol. The predicted octanol–water partition coefficient (Wildman–Crippen LogP) is 2.83. The lowest BCUT2D eigenvalue weighted by atomic mass is 10.0. The number of hydrogen-bond donors (Lipinski definition) is 0. The molecule has 0 aliphatic rings. The lowest BCUT2D eigenvalue weighted by molar-refractivity contribution is 0.647. The maximum atomic E-state index is 4.24. The second kappa shape index (κ2) is 3.74. The number of benzene rings is 1. The van der Waals surface area contributed by atoms with E-state index in [0.717, 1.165) is 17.3 Å². The van der Waals surface area contributed by atoms with Crippen molar-refractivity contribution >= 4 is 10.9 Å². The molecule has 1 heterocycles. The summed E-state index contributed by atoms with van der Waals surface area (Å²) < 4.78 is 0. The molecular formula is C12H14N2. The Labute approximate surface area is 84.0 Å². The van der Waals surface area contributed by atoms with Gasteiger partial charge in [0.25, 0.3) is 0 Å². The van der Waals surface area contributed by atoms with Crippen molar-refractivity contribution in [3.8, 4) is 0 Å². The van der Waals surface area contributed by atoms with Crippen molar-refractivity contribution in [2.75, 3.05) is 0 Å². The van der Waals surface area contributed by atoms with E-state index in [1.807, 2.05) is 6.20 Å². The minimum Gasteiger partial charge on any atom is -0.244 e. The molecule has 0 amide bonds. The Hall–Kier alpha value is -1.44. The van der Waals surface area contributed by atoms with Crippen LogP contribution >= 0.6 is 0 Å². The van der Waals surface area contributed by atoms with Crippen molar-refractivity contribution in [2.45, 2.75) is 20.3 Å². The minimum absolute atomic E-state index is 0.689. The summed E-state index contributed by atoms with van der Waals surface area (Å²) in [5.74, 6) is 0.689. The summed E-state index contributed by atoms with van der Waals surface area (Å²) in [5, 5.41) is 1.11. The van der Waals surface area contributed by atoms with Gasteiger partial charge in [-0.2, -0.15) is 0 Å². The van der Waals surface area contributed by atoms with Gasteiger partial charge in [0, 0.05) is 11.6 Å². The van der Waals surface area contributed by atoms with Crippen LogP contribution < -0.4 is 0 Å². The average Bonchev–Trinajstić information content (AvgIpc) is 2.17. The van der Waals surface area contributed by atoms with E-state index in [1.165, 1.54) is 5.56 Å². The third-order valence-electron chi connectivity index (χ3n) is 2.22. The van der Waals surface area contributed by atoms with Crippen LogP contribution in [0, 0.1) is 5.92 Å². The van der Waals surface area contributed by atoms with Gasteiger partial charge < -0.3 is 0 Å². The number of aromatic nitrogens is 2. The first-order valence-corrected chi connectivity index (χ1v) is 4.94. The maximum Gasteiger partial charge on any atom is 0.116 e. The molecule has 2 nitrogen and oxygen atoms in total. The lowest BCUT2D eigenvalue weighted by Gasteiger charge is -2.05. The normalized spacial score (nSPS) is 11.1. The maximum absolute atomic E-state index is 4.24. The molecule has 1 aromatic heterocycles. The molecule has 0 aliphatic carbocycles. The number of fused-ring (bicyclic) bond motifs is 1. The van der Waals surface area contributed by atoms with E-state index >= 15 is 0 Å². The molecule has 0 aliphatic heterocycles. The molecule has 2 heteroatoms. The quantitative estimate of drug-likeness (QED) is 0.720. The van der Waals surface area contributed by atoms with Crippen molar-refractivity contribution in [3.63, 3.8) is 0 Å². The fourth-order valence-electron chi connectivity index (χ4n) is 1.62. The van der Waals surface area contributed by atoms with E-state index in [4.69, 9.17) is 0 Å². The zero-order valence-corrected chi connectivity index (χ0v) is 8.57. The summed E-state index contributed by atoms with van der Waals surface area (Å²) in [6.45, 7) is 4.45. The van der Waals surface area contributed by atoms with Crippen molar-refractivity contribution in [3.05, 3.63) is 36.3 Å². The molecule has 0 saturated heterocycles. The van der Waals surface area contributed by atoms with Gasteiger partial charge in [-0.3, -0.25) is 0 Å². The van der Waals surface area contributed by atoms with Crippen molar-refractivity contribution in [1.29, 1.82) is 0 Å². The van der Waals surface area contributed by atoms with Gasteiger partial charge in [-0.15, -0.1) is 0 Å². The summed E-state index contributed by atoms with van der Waals surface area (Å²) >= 11 is 0. The zero-order chi connectivity index (χ0) is 9.97. The van der Waals surface area contributed by atoms with Gasteiger partial charge in [0.2, 0.25) is 0 Å². The summed E-state index contributed by atoms with van der Waals surface area (Å²) in [4.78, 5) is 8.23. The van der Waals surface area contributed by atoms with Gasteiger partial charge in [0.1, 0.15) is 6.33 Å². The van der Waals surface area contributed by atoms with Gasteiger partial charge in [0.05, 0.1) is 5.52 Å². The molecule has 0 unspecified atom stereocenters. The van der Waals surface area contributed by atoms with Crippen LogP contribution in [0.3, 0.4) is 0 Å². The fourth-order valence-corrected chi connectivity index (χ4v) is 1.62. The lowest BCUT2D eigenvalue weighted by Crippen LogP contribution is -1.94. The molecule has 0 spiro atoms. The molecule has 0 atom stereocenters. The van der Waals surface area contributed by atoms with E-state index in [9.17, 15) is 0 Å². The Morgan fingerprint density at radius 2 is 2.14 bits per heavy atom. The summed E-state index contributed by atoms with van der Waals surface area (Å²) in [7, 11) is 0. The molecule has 2 rings (SSSR count). The molecule has 0 saturated carbocycles. The second-order valence-electron chi connectivity index (χ2n) is 4.01. The highest BCUT2D eigenvalue weighted by molar-refractivity contribution is 5.77. The van der Waals surface area contributed by atoms with Crippen LogP contribution in [0.2, 0.25) is 0 Å². The van der Waals surface area contributed by atoms with Gasteiger partial charge in [-0.25, -0.2) is 9.97 Å². The van der Waals surface area contributed by atoms with Crippen LogP contribution in [0.25, 0.3) is 10.9 Å². The first-order chi connectivity index (χ1) is 6.75. The highest BCUT2D eigenvalue weighted by Crippen LogP contribution is 2.14. The van der Waals surface area contributed by atoms with Crippen molar-refractivity contribution in [1.82, 2.24) is 9.97 Å². The predicted molar refractivity (Wildman–Crippen MR) is 58.1 cm³/mol. The first-order valence-electron chi connectivity index (χ1n) is 4.94. The standard InChI is InChI=1S/C12H14N2/c1-9(2)5-10-3-4-11-7-13-8-14-12(11)6-10/h3-4,6-9H,5H2,1-2H3. The molecular weight excluding hydrogens is 172 g/mol. The third kappa shape index (κ3) is 1.90. The van der Waals surface area contributed by atoms with Crippen molar-refractivity contribution in [2.24, 2.45) is 5.92 Å². The number of rotatable bonds is 2. The van der Waals surface area contributed by atoms with Crippen LogP contribution in [0.15, 0.2) is 30.7 Å². The Kier molecular flexibility index (Phi) is 2.44. The minimum atomic E-state index is 0.689. The van der Waals surface area contributed by atoms with Crippen LogP contribution in [0.5, 0.6) is 0 Å². The number of hydrogen-bond acceptors (Lipinski definition) is 2. The first kappa shape index (κ1) is 9.13. The third-order valence-corrected chi connectivity index (χ3v) is 2.22. The van der Waals surface area contributed by atoms with Gasteiger partial charge in [0.15, 0.2) is 0 Å². The molecule has 0 fully saturated rings. The van der Waals surface area contributed by atoms with Crippen molar-refractivity contribution < 1.29 is 0 Å². The smallest absolute Gasteiger partial charge is 0.116 e. The highest BCUT2D eigenvalue weighted by atomic mass is 14.8. The van der Waals surface area contributed by atoms with E-state index in [2.05, 4.69) is 42.0 Å². The van der Waals surface area contributed by atoms with Crippen LogP contribution in [-0.4, -0.2) is 9.97 Å². The Morgan fingerprint density at radius 3 is 2.93 bits per heavy atom. The molecule has 0 radical (unpaired) electrons. The second-order valence-corrected chi connectivity index (χ2v) is 4.01. The zero-order valence-electron chi connectivity index (χ0n) is 8.57. The fraction of sp³-hybridized carbons (Fsp3) is 0.333. The SMILES string of the molecule is CC(C)Cc1ccc2cncnc2c1. The number of nitrogens with zero attached hydrogens (tertiary/aromatic N) is 2. The molecule has 72 valence electrons. The molecule has 14 heavy (non-hydrogen) atoms. The Balaban J connectivity index is 2.41. The van der Waals surface area contributed by atoms with Gasteiger partial charge in [-0.05, 0) is 24.0 Å². The molecule has 1 aromatic carbocycles. The molecule has 0 bridgehead atoms. The van der Waals surface area contributed by atoms with Crippen LogP contribution in [0.4, 0.5) is 0 Å². The molecule has 0 N–H and O–H groups in total.